The maximum Gasteiger partial charge on any atom is 0.338 e. The zero-order chi connectivity index (χ0) is 29.7. The fourth-order valence-electron chi connectivity index (χ4n) is 4.71. The van der Waals surface area contributed by atoms with E-state index in [9.17, 15) is 19.7 Å². The molecule has 11 nitrogen and oxygen atoms in total. The van der Waals surface area contributed by atoms with Gasteiger partial charge >= 0.3 is 5.97 Å². The van der Waals surface area contributed by atoms with E-state index in [0.29, 0.717) is 36.6 Å². The lowest BCUT2D eigenvalue weighted by Gasteiger charge is -2.22. The zero-order valence-corrected chi connectivity index (χ0v) is 25.0. The summed E-state index contributed by atoms with van der Waals surface area (Å²) in [6, 6.07) is 9.68. The summed E-state index contributed by atoms with van der Waals surface area (Å²) in [5, 5.41) is 11.6. The first-order valence-electron chi connectivity index (χ1n) is 12.5. The minimum atomic E-state index is -1.02. The average Bonchev–Trinajstić information content (AvgIpc) is 3.68. The van der Waals surface area contributed by atoms with E-state index in [2.05, 4.69) is 20.9 Å². The molecule has 14 heteroatoms. The Kier molecular flexibility index (Phi) is 7.25. The van der Waals surface area contributed by atoms with E-state index in [-0.39, 0.29) is 46.8 Å². The number of rotatable bonds is 6. The van der Waals surface area contributed by atoms with Crippen molar-refractivity contribution in [2.45, 2.75) is 19.9 Å². The van der Waals surface area contributed by atoms with Crippen LogP contribution in [0.25, 0.3) is 17.4 Å². The molecule has 0 radical (unpaired) electrons. The summed E-state index contributed by atoms with van der Waals surface area (Å²) in [7, 11) is 0. The number of halogens is 2. The molecule has 4 aromatic rings. The Morgan fingerprint density at radius 3 is 2.76 bits per heavy atom. The van der Waals surface area contributed by atoms with Crippen molar-refractivity contribution in [2.75, 3.05) is 13.4 Å². The van der Waals surface area contributed by atoms with Crippen molar-refractivity contribution in [1.29, 1.82) is 0 Å². The van der Waals surface area contributed by atoms with Gasteiger partial charge in [-0.1, -0.05) is 38.9 Å². The molecule has 2 aromatic carbocycles. The second-order valence-corrected chi connectivity index (χ2v) is 11.4. The van der Waals surface area contributed by atoms with Crippen molar-refractivity contribution in [3.63, 3.8) is 0 Å². The number of nitro groups is 1. The van der Waals surface area contributed by atoms with Crippen LogP contribution < -0.4 is 24.4 Å². The lowest BCUT2D eigenvalue weighted by atomic mass is 10.0. The third-order valence-electron chi connectivity index (χ3n) is 6.62. The van der Waals surface area contributed by atoms with Gasteiger partial charge in [-0.3, -0.25) is 19.5 Å². The standard InChI is InChI=1S/C28H19BrClN3O8S/c1-3-38-27(35)24-13(2)31-28-32(26(34)23(42-28)9-14-8-21-22(11-17(14)29)40-12-39-21)25(24)20-7-6-19(41-20)16-10-15(33(36)37)4-5-18(16)30/h4-11,25H,3,12H2,1-2H3/b23-9-/t25-/m1/s1. The molecule has 214 valence electrons. The summed E-state index contributed by atoms with van der Waals surface area (Å²) < 4.78 is 24.8. The second kappa shape index (κ2) is 10.9. The first-order valence-corrected chi connectivity index (χ1v) is 14.5. The monoisotopic (exact) mass is 671 g/mol. The van der Waals surface area contributed by atoms with Gasteiger partial charge in [0.2, 0.25) is 6.79 Å². The molecule has 0 N–H and O–H groups in total. The van der Waals surface area contributed by atoms with Crippen molar-refractivity contribution in [2.24, 2.45) is 4.99 Å². The third-order valence-corrected chi connectivity index (χ3v) is 8.62. The number of esters is 1. The largest absolute Gasteiger partial charge is 0.463 e. The molecular weight excluding hydrogens is 654 g/mol. The van der Waals surface area contributed by atoms with E-state index in [1.54, 1.807) is 44.2 Å². The highest BCUT2D eigenvalue weighted by molar-refractivity contribution is 9.10. The van der Waals surface area contributed by atoms with Crippen molar-refractivity contribution in [3.05, 3.63) is 104 Å². The molecule has 0 amide bonds. The minimum Gasteiger partial charge on any atom is -0.463 e. The lowest BCUT2D eigenvalue weighted by Crippen LogP contribution is -2.39. The number of carbonyl (C=O) groups is 1. The van der Waals surface area contributed by atoms with Crippen LogP contribution in [0.5, 0.6) is 11.5 Å². The molecule has 0 unspecified atom stereocenters. The maximum absolute atomic E-state index is 13.9. The molecule has 0 saturated carbocycles. The molecule has 42 heavy (non-hydrogen) atoms. The second-order valence-electron chi connectivity index (χ2n) is 9.15. The summed E-state index contributed by atoms with van der Waals surface area (Å²) in [4.78, 5) is 42.9. The Balaban J connectivity index is 1.52. The average molecular weight is 673 g/mol. The van der Waals surface area contributed by atoms with E-state index in [0.717, 1.165) is 11.3 Å². The Morgan fingerprint density at radius 1 is 1.26 bits per heavy atom. The Bertz CT molecular complexity index is 2010. The molecule has 6 rings (SSSR count). The lowest BCUT2D eigenvalue weighted by molar-refractivity contribution is -0.384. The van der Waals surface area contributed by atoms with Crippen LogP contribution in [0.3, 0.4) is 0 Å². The summed E-state index contributed by atoms with van der Waals surface area (Å²) in [5.74, 6) is 0.943. The van der Waals surface area contributed by atoms with Gasteiger partial charge in [-0.05, 0) is 55.8 Å². The van der Waals surface area contributed by atoms with Gasteiger partial charge in [0, 0.05) is 22.2 Å². The molecular formula is C28H19BrClN3O8S. The number of thiazole rings is 1. The van der Waals surface area contributed by atoms with Crippen LogP contribution in [-0.2, 0) is 9.53 Å². The fourth-order valence-corrected chi connectivity index (χ4v) is 6.39. The number of carbonyl (C=O) groups excluding carboxylic acids is 1. The van der Waals surface area contributed by atoms with Crippen LogP contribution in [0.4, 0.5) is 5.69 Å². The molecule has 0 saturated heterocycles. The van der Waals surface area contributed by atoms with Gasteiger partial charge in [-0.2, -0.15) is 0 Å². The number of nitrogens with zero attached hydrogens (tertiary/aromatic N) is 3. The number of ether oxygens (including phenoxy) is 3. The highest BCUT2D eigenvalue weighted by Crippen LogP contribution is 2.38. The van der Waals surface area contributed by atoms with Crippen molar-refractivity contribution in [1.82, 2.24) is 4.57 Å². The highest BCUT2D eigenvalue weighted by atomic mass is 79.9. The molecule has 0 bridgehead atoms. The first-order chi connectivity index (χ1) is 20.2. The third kappa shape index (κ3) is 4.82. The number of hydrogen-bond donors (Lipinski definition) is 0. The predicted molar refractivity (Wildman–Crippen MR) is 156 cm³/mol. The summed E-state index contributed by atoms with van der Waals surface area (Å²) in [6.45, 7) is 3.55. The van der Waals surface area contributed by atoms with Gasteiger partial charge < -0.3 is 18.6 Å². The molecule has 1 atom stereocenters. The van der Waals surface area contributed by atoms with Crippen molar-refractivity contribution < 1.29 is 28.3 Å². The Labute approximate surface area is 254 Å². The van der Waals surface area contributed by atoms with Crippen LogP contribution >= 0.6 is 38.9 Å². The minimum absolute atomic E-state index is 0.107. The first kappa shape index (κ1) is 27.9. The number of non-ortho nitro benzene ring substituents is 1. The predicted octanol–water partition coefficient (Wildman–Crippen LogP) is 5.11. The van der Waals surface area contributed by atoms with Crippen molar-refractivity contribution >= 4 is 56.6 Å². The number of aromatic nitrogens is 1. The quantitative estimate of drug-likeness (QED) is 0.157. The van der Waals surface area contributed by atoms with Crippen LogP contribution in [-0.4, -0.2) is 28.9 Å². The maximum atomic E-state index is 13.9. The van der Waals surface area contributed by atoms with Crippen LogP contribution in [0.15, 0.2) is 72.4 Å². The van der Waals surface area contributed by atoms with Gasteiger partial charge in [-0.25, -0.2) is 9.79 Å². The SMILES string of the molecule is CCOC(=O)C1=C(C)N=c2s/c(=C\c3cc4c(cc3Br)OCO4)c(=O)n2[C@@H]1c1ccc(-c2cc([N+](=O)[O-])ccc2Cl)o1. The normalized spacial score (nSPS) is 15.9. The van der Waals surface area contributed by atoms with Gasteiger partial charge in [0.15, 0.2) is 16.3 Å². The molecule has 4 heterocycles. The van der Waals surface area contributed by atoms with E-state index < -0.39 is 22.5 Å². The van der Waals surface area contributed by atoms with Gasteiger partial charge in [0.05, 0.1) is 32.4 Å². The fraction of sp³-hybridized carbons (Fsp3) is 0.179. The van der Waals surface area contributed by atoms with E-state index in [1.807, 2.05) is 0 Å². The van der Waals surface area contributed by atoms with E-state index in [4.69, 9.17) is 30.2 Å². The van der Waals surface area contributed by atoms with Gasteiger partial charge in [0.1, 0.15) is 17.6 Å². The number of furan rings is 1. The molecule has 2 aliphatic heterocycles. The number of nitro benzene ring substituents is 1. The number of hydrogen-bond acceptors (Lipinski definition) is 10. The van der Waals surface area contributed by atoms with Crippen molar-refractivity contribution in [3.8, 4) is 22.8 Å². The van der Waals surface area contributed by atoms with E-state index >= 15 is 0 Å². The number of allylic oxidation sites excluding steroid dienone is 1. The number of benzene rings is 2. The Hall–Kier alpha value is -4.20. The summed E-state index contributed by atoms with van der Waals surface area (Å²) in [5.41, 5.74) is 0.887. The zero-order valence-electron chi connectivity index (χ0n) is 21.9. The molecule has 2 aliphatic rings. The van der Waals surface area contributed by atoms with Gasteiger partial charge in [-0.15, -0.1) is 0 Å². The van der Waals surface area contributed by atoms with E-state index in [1.165, 1.54) is 22.8 Å². The summed E-state index contributed by atoms with van der Waals surface area (Å²) in [6.07, 6.45) is 1.70. The highest BCUT2D eigenvalue weighted by Gasteiger charge is 2.35. The molecule has 0 spiro atoms. The van der Waals surface area contributed by atoms with Crippen LogP contribution in [0.2, 0.25) is 5.02 Å². The van der Waals surface area contributed by atoms with Crippen LogP contribution in [0.1, 0.15) is 31.2 Å². The smallest absolute Gasteiger partial charge is 0.338 e. The number of fused-ring (bicyclic) bond motifs is 2. The summed E-state index contributed by atoms with van der Waals surface area (Å²) >= 11 is 11.0. The van der Waals surface area contributed by atoms with Gasteiger partial charge in [0.25, 0.3) is 11.2 Å². The topological polar surface area (TPSA) is 135 Å². The Morgan fingerprint density at radius 2 is 2.02 bits per heavy atom. The molecule has 2 aromatic heterocycles. The molecule has 0 fully saturated rings. The van der Waals surface area contributed by atoms with Crippen LogP contribution in [0, 0.1) is 10.1 Å². The molecule has 0 aliphatic carbocycles.